The maximum atomic E-state index is 12.3. The standard InChI is InChI=1S/C23H18N6O3S2/c1-14-2-11-19-21(12-14)33-23(27-19)15-3-5-17(6-4-15)28-29-20(13-24)22(30)26-16-7-9-18(10-8-16)34(25,31)32/h2-12,28H,1H3,(H,26,30)(H2,25,31,32)/b29-20+. The lowest BCUT2D eigenvalue weighted by molar-refractivity contribution is -0.110. The van der Waals surface area contributed by atoms with Crippen molar-refractivity contribution in [2.45, 2.75) is 11.8 Å². The largest absolute Gasteiger partial charge is 0.320 e. The lowest BCUT2D eigenvalue weighted by Crippen LogP contribution is -2.22. The predicted molar refractivity (Wildman–Crippen MR) is 133 cm³/mol. The van der Waals surface area contributed by atoms with E-state index < -0.39 is 21.6 Å². The quantitative estimate of drug-likeness (QED) is 0.276. The number of hydrazone groups is 1. The number of carbonyl (C=O) groups excluding carboxylic acids is 1. The number of thiazole rings is 1. The first kappa shape index (κ1) is 23.1. The van der Waals surface area contributed by atoms with Gasteiger partial charge >= 0.3 is 0 Å². The van der Waals surface area contributed by atoms with Gasteiger partial charge in [0.15, 0.2) is 0 Å². The van der Waals surface area contributed by atoms with Crippen LogP contribution in [0.15, 0.2) is 76.7 Å². The fourth-order valence-corrected chi connectivity index (χ4v) is 4.59. The van der Waals surface area contributed by atoms with Crippen LogP contribution in [0.4, 0.5) is 11.4 Å². The predicted octanol–water partition coefficient (Wildman–Crippen LogP) is 3.85. The molecular weight excluding hydrogens is 472 g/mol. The van der Waals surface area contributed by atoms with Crippen molar-refractivity contribution in [3.05, 3.63) is 72.3 Å². The number of carbonyl (C=O) groups is 1. The van der Waals surface area contributed by atoms with Crippen LogP contribution in [0.25, 0.3) is 20.8 Å². The van der Waals surface area contributed by atoms with Crippen molar-refractivity contribution in [3.63, 3.8) is 0 Å². The number of sulfonamides is 1. The Bertz CT molecular complexity index is 1550. The van der Waals surface area contributed by atoms with Gasteiger partial charge in [-0.2, -0.15) is 10.4 Å². The third-order valence-electron chi connectivity index (χ3n) is 4.73. The fourth-order valence-electron chi connectivity index (χ4n) is 3.01. The van der Waals surface area contributed by atoms with Gasteiger partial charge in [0.05, 0.1) is 20.8 Å². The summed E-state index contributed by atoms with van der Waals surface area (Å²) in [5.74, 6) is -0.750. The Kier molecular flexibility index (Phi) is 6.38. The van der Waals surface area contributed by atoms with Crippen LogP contribution in [0.3, 0.4) is 0 Å². The van der Waals surface area contributed by atoms with Crippen LogP contribution in [0.1, 0.15) is 5.56 Å². The van der Waals surface area contributed by atoms with Gasteiger partial charge in [-0.25, -0.2) is 18.5 Å². The molecule has 1 aromatic heterocycles. The van der Waals surface area contributed by atoms with E-state index in [9.17, 15) is 18.5 Å². The van der Waals surface area contributed by atoms with Crippen LogP contribution in [-0.2, 0) is 14.8 Å². The molecule has 4 rings (SSSR count). The molecule has 1 heterocycles. The number of primary sulfonamides is 1. The molecule has 0 aliphatic heterocycles. The van der Waals surface area contributed by atoms with E-state index in [1.807, 2.05) is 31.2 Å². The smallest absolute Gasteiger partial charge is 0.287 e. The van der Waals surface area contributed by atoms with Crippen molar-refractivity contribution in [1.29, 1.82) is 5.26 Å². The molecule has 0 aliphatic rings. The zero-order chi connectivity index (χ0) is 24.3. The number of nitrogens with one attached hydrogen (secondary N) is 2. The first-order valence-electron chi connectivity index (χ1n) is 9.88. The Hall–Kier alpha value is -4.11. The lowest BCUT2D eigenvalue weighted by Gasteiger charge is -2.06. The number of nitrogens with two attached hydrogens (primary N) is 1. The SMILES string of the molecule is Cc1ccc2nc(-c3ccc(N/N=C(\C#N)C(=O)Nc4ccc(S(N)(=O)=O)cc4)cc3)sc2c1. The second-order valence-electron chi connectivity index (χ2n) is 7.28. The molecule has 0 saturated heterocycles. The Balaban J connectivity index is 1.43. The van der Waals surface area contributed by atoms with E-state index in [1.165, 1.54) is 29.8 Å². The number of nitriles is 1. The molecule has 0 bridgehead atoms. The van der Waals surface area contributed by atoms with Crippen LogP contribution in [0.5, 0.6) is 0 Å². The molecule has 0 aliphatic carbocycles. The van der Waals surface area contributed by atoms with Gasteiger partial charge in [0.1, 0.15) is 11.1 Å². The van der Waals surface area contributed by atoms with E-state index in [0.29, 0.717) is 5.69 Å². The van der Waals surface area contributed by atoms with Gasteiger partial charge in [0.2, 0.25) is 15.7 Å². The number of fused-ring (bicyclic) bond motifs is 1. The summed E-state index contributed by atoms with van der Waals surface area (Å²) in [5, 5.41) is 21.6. The fraction of sp³-hybridized carbons (Fsp3) is 0.0435. The van der Waals surface area contributed by atoms with Crippen molar-refractivity contribution in [2.24, 2.45) is 10.2 Å². The minimum absolute atomic E-state index is 0.0919. The third kappa shape index (κ3) is 5.26. The number of rotatable bonds is 6. The summed E-state index contributed by atoms with van der Waals surface area (Å²) in [4.78, 5) is 16.9. The Morgan fingerprint density at radius 3 is 2.38 bits per heavy atom. The summed E-state index contributed by atoms with van der Waals surface area (Å²) >= 11 is 1.60. The van der Waals surface area contributed by atoms with Gasteiger partial charge in [0, 0.05) is 11.3 Å². The summed E-state index contributed by atoms with van der Waals surface area (Å²) in [6.07, 6.45) is 0. The highest BCUT2D eigenvalue weighted by Crippen LogP contribution is 2.31. The van der Waals surface area contributed by atoms with Crippen molar-refractivity contribution in [1.82, 2.24) is 4.98 Å². The van der Waals surface area contributed by atoms with E-state index in [-0.39, 0.29) is 10.6 Å². The molecule has 34 heavy (non-hydrogen) atoms. The molecule has 9 nitrogen and oxygen atoms in total. The van der Waals surface area contributed by atoms with Crippen LogP contribution < -0.4 is 15.9 Å². The number of anilines is 2. The molecule has 0 radical (unpaired) electrons. The topological polar surface area (TPSA) is 150 Å². The second-order valence-corrected chi connectivity index (χ2v) is 9.87. The highest BCUT2D eigenvalue weighted by molar-refractivity contribution is 7.89. The number of aryl methyl sites for hydroxylation is 1. The second kappa shape index (κ2) is 9.40. The van der Waals surface area contributed by atoms with E-state index in [4.69, 9.17) is 5.14 Å². The molecule has 11 heteroatoms. The third-order valence-corrected chi connectivity index (χ3v) is 6.73. The van der Waals surface area contributed by atoms with Crippen molar-refractivity contribution < 1.29 is 13.2 Å². The highest BCUT2D eigenvalue weighted by Gasteiger charge is 2.13. The Morgan fingerprint density at radius 2 is 1.74 bits per heavy atom. The number of hydrogen-bond acceptors (Lipinski definition) is 8. The molecule has 0 unspecified atom stereocenters. The molecular formula is C23H18N6O3S2. The molecule has 4 N–H and O–H groups in total. The zero-order valence-corrected chi connectivity index (χ0v) is 19.4. The number of hydrogen-bond donors (Lipinski definition) is 3. The molecule has 4 aromatic rings. The van der Waals surface area contributed by atoms with E-state index in [2.05, 4.69) is 26.9 Å². The maximum Gasteiger partial charge on any atom is 0.287 e. The van der Waals surface area contributed by atoms with E-state index in [1.54, 1.807) is 29.5 Å². The van der Waals surface area contributed by atoms with Crippen LogP contribution in [0, 0.1) is 18.3 Å². The van der Waals surface area contributed by atoms with Gasteiger partial charge < -0.3 is 5.32 Å². The van der Waals surface area contributed by atoms with Gasteiger partial charge in [-0.15, -0.1) is 11.3 Å². The monoisotopic (exact) mass is 490 g/mol. The Labute approximate surface area is 199 Å². The number of nitrogens with zero attached hydrogens (tertiary/aromatic N) is 3. The van der Waals surface area contributed by atoms with Gasteiger partial charge in [-0.05, 0) is 73.2 Å². The van der Waals surface area contributed by atoms with Crippen molar-refractivity contribution in [3.8, 4) is 16.6 Å². The summed E-state index contributed by atoms with van der Waals surface area (Å²) in [6.45, 7) is 2.04. The normalized spacial score (nSPS) is 11.7. The van der Waals surface area contributed by atoms with Crippen molar-refractivity contribution >= 4 is 54.6 Å². The molecule has 1 amide bonds. The van der Waals surface area contributed by atoms with Gasteiger partial charge in [0.25, 0.3) is 5.91 Å². The zero-order valence-electron chi connectivity index (χ0n) is 17.8. The number of amides is 1. The summed E-state index contributed by atoms with van der Waals surface area (Å²) < 4.78 is 23.7. The summed E-state index contributed by atoms with van der Waals surface area (Å²) in [5.41, 5.74) is 6.23. The Morgan fingerprint density at radius 1 is 1.06 bits per heavy atom. The van der Waals surface area contributed by atoms with Crippen molar-refractivity contribution in [2.75, 3.05) is 10.7 Å². The highest BCUT2D eigenvalue weighted by atomic mass is 32.2. The van der Waals surface area contributed by atoms with Crippen LogP contribution >= 0.6 is 11.3 Å². The molecule has 0 spiro atoms. The molecule has 0 atom stereocenters. The first-order valence-corrected chi connectivity index (χ1v) is 12.2. The first-order chi connectivity index (χ1) is 16.2. The lowest BCUT2D eigenvalue weighted by atomic mass is 10.2. The molecule has 3 aromatic carbocycles. The number of aromatic nitrogens is 1. The summed E-state index contributed by atoms with van der Waals surface area (Å²) in [6, 6.07) is 20.4. The van der Waals surface area contributed by atoms with Gasteiger partial charge in [-0.3, -0.25) is 10.2 Å². The van der Waals surface area contributed by atoms with E-state index >= 15 is 0 Å². The van der Waals surface area contributed by atoms with E-state index in [0.717, 1.165) is 20.8 Å². The summed E-state index contributed by atoms with van der Waals surface area (Å²) in [7, 11) is -3.84. The average molecular weight is 491 g/mol. The minimum Gasteiger partial charge on any atom is -0.320 e. The molecule has 0 saturated carbocycles. The van der Waals surface area contributed by atoms with Crippen LogP contribution in [0.2, 0.25) is 0 Å². The number of benzene rings is 3. The maximum absolute atomic E-state index is 12.3. The van der Waals surface area contributed by atoms with Crippen LogP contribution in [-0.4, -0.2) is 25.0 Å². The average Bonchev–Trinajstić information content (AvgIpc) is 3.23. The van der Waals surface area contributed by atoms with Gasteiger partial charge in [-0.1, -0.05) is 6.07 Å². The minimum atomic E-state index is -3.84. The molecule has 170 valence electrons. The molecule has 0 fully saturated rings.